The summed E-state index contributed by atoms with van der Waals surface area (Å²) in [5.41, 5.74) is 14.4. The molecule has 0 amide bonds. The normalized spacial score (nSPS) is 12.5. The van der Waals surface area contributed by atoms with Crippen molar-refractivity contribution in [3.05, 3.63) is 235 Å². The summed E-state index contributed by atoms with van der Waals surface area (Å²) in [6.45, 7) is 0. The Morgan fingerprint density at radius 1 is 0.273 bits per heavy atom. The van der Waals surface area contributed by atoms with Gasteiger partial charge in [-0.25, -0.2) is 15.0 Å². The van der Waals surface area contributed by atoms with E-state index < -0.39 is 5.41 Å². The summed E-state index contributed by atoms with van der Waals surface area (Å²) in [5.74, 6) is 1.90. The van der Waals surface area contributed by atoms with Crippen LogP contribution in [0.25, 0.3) is 67.5 Å². The molecular formula is C52H35N3. The first kappa shape index (κ1) is 32.4. The lowest BCUT2D eigenvalue weighted by atomic mass is 9.66. The maximum atomic E-state index is 5.18. The molecule has 0 saturated carbocycles. The number of aromatic nitrogens is 3. The zero-order valence-electron chi connectivity index (χ0n) is 30.0. The van der Waals surface area contributed by atoms with Crippen LogP contribution >= 0.6 is 0 Å². The molecule has 258 valence electrons. The van der Waals surface area contributed by atoms with Crippen molar-refractivity contribution in [3.8, 4) is 67.5 Å². The van der Waals surface area contributed by atoms with E-state index in [1.54, 1.807) is 0 Å². The number of nitrogens with zero attached hydrogens (tertiary/aromatic N) is 3. The van der Waals surface area contributed by atoms with Crippen LogP contribution in [0, 0.1) is 0 Å². The third kappa shape index (κ3) is 5.57. The number of hydrogen-bond donors (Lipinski definition) is 0. The van der Waals surface area contributed by atoms with Crippen LogP contribution in [0.3, 0.4) is 0 Å². The highest BCUT2D eigenvalue weighted by atomic mass is 15.0. The molecule has 0 N–H and O–H groups in total. The van der Waals surface area contributed by atoms with Crippen molar-refractivity contribution in [2.24, 2.45) is 0 Å². The van der Waals surface area contributed by atoms with E-state index in [-0.39, 0.29) is 0 Å². The molecule has 1 aliphatic rings. The number of rotatable bonds is 7. The zero-order valence-corrected chi connectivity index (χ0v) is 30.0. The van der Waals surface area contributed by atoms with Gasteiger partial charge in [0.05, 0.1) is 5.41 Å². The van der Waals surface area contributed by atoms with Crippen molar-refractivity contribution >= 4 is 0 Å². The van der Waals surface area contributed by atoms with Gasteiger partial charge in [0.15, 0.2) is 17.5 Å². The highest BCUT2D eigenvalue weighted by Crippen LogP contribution is 2.58. The maximum Gasteiger partial charge on any atom is 0.164 e. The third-order valence-electron chi connectivity index (χ3n) is 10.8. The van der Waals surface area contributed by atoms with E-state index in [4.69, 9.17) is 15.0 Å². The van der Waals surface area contributed by atoms with Gasteiger partial charge in [0, 0.05) is 16.7 Å². The van der Waals surface area contributed by atoms with Gasteiger partial charge >= 0.3 is 0 Å². The Bertz CT molecular complexity index is 2760. The first-order valence-electron chi connectivity index (χ1n) is 18.7. The van der Waals surface area contributed by atoms with E-state index in [0.29, 0.717) is 17.5 Å². The van der Waals surface area contributed by atoms with E-state index in [1.165, 1.54) is 38.9 Å². The van der Waals surface area contributed by atoms with Crippen LogP contribution in [0.15, 0.2) is 212 Å². The van der Waals surface area contributed by atoms with E-state index in [1.807, 2.05) is 24.3 Å². The molecule has 0 atom stereocenters. The van der Waals surface area contributed by atoms with E-state index in [2.05, 4.69) is 188 Å². The van der Waals surface area contributed by atoms with Crippen LogP contribution in [0.4, 0.5) is 0 Å². The molecule has 0 bridgehead atoms. The summed E-state index contributed by atoms with van der Waals surface area (Å²) < 4.78 is 0. The molecule has 0 spiro atoms. The van der Waals surface area contributed by atoms with Crippen LogP contribution in [0.2, 0.25) is 0 Å². The highest BCUT2D eigenvalue weighted by Gasteiger charge is 2.47. The number of benzene rings is 8. The van der Waals surface area contributed by atoms with Crippen LogP contribution in [0.5, 0.6) is 0 Å². The second kappa shape index (κ2) is 13.6. The second-order valence-corrected chi connectivity index (χ2v) is 14.0. The monoisotopic (exact) mass is 701 g/mol. The van der Waals surface area contributed by atoms with Crippen molar-refractivity contribution in [2.45, 2.75) is 5.41 Å². The molecule has 0 fully saturated rings. The zero-order chi connectivity index (χ0) is 36.6. The summed E-state index contributed by atoms with van der Waals surface area (Å²) in [6, 6.07) is 75.3. The lowest BCUT2D eigenvalue weighted by Gasteiger charge is -2.35. The quantitative estimate of drug-likeness (QED) is 0.166. The second-order valence-electron chi connectivity index (χ2n) is 14.0. The Labute approximate surface area is 321 Å². The maximum absolute atomic E-state index is 5.18. The fourth-order valence-corrected chi connectivity index (χ4v) is 8.39. The Morgan fingerprint density at radius 2 is 0.673 bits per heavy atom. The molecule has 10 rings (SSSR count). The van der Waals surface area contributed by atoms with Gasteiger partial charge in [-0.15, -0.1) is 0 Å². The summed E-state index contributed by atoms with van der Waals surface area (Å²) >= 11 is 0. The average molecular weight is 702 g/mol. The summed E-state index contributed by atoms with van der Waals surface area (Å²) in [4.78, 5) is 15.3. The lowest BCUT2D eigenvalue weighted by Crippen LogP contribution is -2.29. The third-order valence-corrected chi connectivity index (χ3v) is 10.8. The minimum atomic E-state index is -0.522. The molecule has 1 heterocycles. The molecule has 3 heteroatoms. The Hall–Kier alpha value is -7.23. The first-order valence-corrected chi connectivity index (χ1v) is 18.7. The molecule has 0 unspecified atom stereocenters. The summed E-state index contributed by atoms with van der Waals surface area (Å²) in [6.07, 6.45) is 0. The smallest absolute Gasteiger partial charge is 0.164 e. The molecule has 0 saturated heterocycles. The van der Waals surface area contributed by atoms with E-state index in [9.17, 15) is 0 Å². The summed E-state index contributed by atoms with van der Waals surface area (Å²) in [7, 11) is 0. The van der Waals surface area contributed by atoms with Gasteiger partial charge in [-0.05, 0) is 67.8 Å². The highest BCUT2D eigenvalue weighted by molar-refractivity contribution is 5.93. The largest absolute Gasteiger partial charge is 0.208 e. The van der Waals surface area contributed by atoms with Crippen molar-refractivity contribution in [1.29, 1.82) is 0 Å². The minimum absolute atomic E-state index is 0.522. The number of fused-ring (bicyclic) bond motifs is 3. The standard InChI is InChI=1S/C52H35N3/c1-5-18-36(19-6-1)38-22-15-24-40(34-38)50-53-49(37-20-7-2-8-21-37)54-51(55-50)41-25-16-23-39(35-41)44-31-17-32-46-45-30-13-14-33-47(45)52(48(44)46,42-26-9-3-10-27-42)43-28-11-4-12-29-43/h1-35H. The number of hydrogen-bond acceptors (Lipinski definition) is 3. The SMILES string of the molecule is c1ccc(-c2cccc(-c3nc(-c4ccccc4)nc(-c4cccc(-c5cccc6c5C(c5ccccc5)(c5ccccc5)c5ccccc5-6)c4)n3)c2)cc1. The predicted octanol–water partition coefficient (Wildman–Crippen LogP) is 12.6. The predicted molar refractivity (Wildman–Crippen MR) is 224 cm³/mol. The van der Waals surface area contributed by atoms with Gasteiger partial charge in [-0.1, -0.05) is 200 Å². The van der Waals surface area contributed by atoms with Crippen molar-refractivity contribution in [1.82, 2.24) is 15.0 Å². The Kier molecular flexibility index (Phi) is 8.04. The van der Waals surface area contributed by atoms with Gasteiger partial charge in [-0.2, -0.15) is 0 Å². The molecule has 3 nitrogen and oxygen atoms in total. The van der Waals surface area contributed by atoms with Crippen LogP contribution in [-0.2, 0) is 5.41 Å². The molecule has 1 aliphatic carbocycles. The van der Waals surface area contributed by atoms with Crippen molar-refractivity contribution in [3.63, 3.8) is 0 Å². The Morgan fingerprint density at radius 3 is 1.29 bits per heavy atom. The fraction of sp³-hybridized carbons (Fsp3) is 0.0192. The van der Waals surface area contributed by atoms with Gasteiger partial charge in [-0.3, -0.25) is 0 Å². The average Bonchev–Trinajstić information content (AvgIpc) is 3.59. The van der Waals surface area contributed by atoms with E-state index >= 15 is 0 Å². The molecule has 9 aromatic rings. The molecule has 0 radical (unpaired) electrons. The molecule has 1 aromatic heterocycles. The molecular weight excluding hydrogens is 667 g/mol. The van der Waals surface area contributed by atoms with Gasteiger partial charge < -0.3 is 0 Å². The van der Waals surface area contributed by atoms with Crippen LogP contribution in [-0.4, -0.2) is 15.0 Å². The first-order chi connectivity index (χ1) is 27.3. The molecule has 8 aromatic carbocycles. The van der Waals surface area contributed by atoms with Crippen LogP contribution < -0.4 is 0 Å². The topological polar surface area (TPSA) is 38.7 Å². The minimum Gasteiger partial charge on any atom is -0.208 e. The van der Waals surface area contributed by atoms with Crippen molar-refractivity contribution in [2.75, 3.05) is 0 Å². The van der Waals surface area contributed by atoms with Crippen LogP contribution in [0.1, 0.15) is 22.3 Å². The molecule has 0 aliphatic heterocycles. The Balaban J connectivity index is 1.17. The molecule has 55 heavy (non-hydrogen) atoms. The summed E-state index contributed by atoms with van der Waals surface area (Å²) in [5, 5.41) is 0. The fourth-order valence-electron chi connectivity index (χ4n) is 8.39. The van der Waals surface area contributed by atoms with Crippen molar-refractivity contribution < 1.29 is 0 Å². The van der Waals surface area contributed by atoms with Gasteiger partial charge in [0.25, 0.3) is 0 Å². The van der Waals surface area contributed by atoms with E-state index in [0.717, 1.165) is 33.4 Å². The van der Waals surface area contributed by atoms with Gasteiger partial charge in [0.1, 0.15) is 0 Å². The lowest BCUT2D eigenvalue weighted by molar-refractivity contribution is 0.770. The van der Waals surface area contributed by atoms with Gasteiger partial charge in [0.2, 0.25) is 0 Å².